The van der Waals surface area contributed by atoms with E-state index in [0.29, 0.717) is 22.3 Å². The number of hydrogen-bond donors (Lipinski definition) is 3. The third kappa shape index (κ3) is 5.97. The summed E-state index contributed by atoms with van der Waals surface area (Å²) in [6.07, 6.45) is -0.697. The molecule has 0 spiro atoms. The first-order valence-corrected chi connectivity index (χ1v) is 6.71. The van der Waals surface area contributed by atoms with Gasteiger partial charge in [-0.25, -0.2) is 0 Å². The second kappa shape index (κ2) is 7.31. The van der Waals surface area contributed by atoms with E-state index in [-0.39, 0.29) is 13.2 Å². The van der Waals surface area contributed by atoms with Crippen molar-refractivity contribution < 1.29 is 14.9 Å². The van der Waals surface area contributed by atoms with Gasteiger partial charge in [-0.05, 0) is 32.0 Å². The molecule has 0 aliphatic rings. The number of β-amino-alcohol motifs (C(OH)–C–C–N with tert-alkyl or cyclic N) is 1. The maximum Gasteiger partial charge on any atom is 0.138 e. The second-order valence-corrected chi connectivity index (χ2v) is 5.81. The minimum atomic E-state index is -0.697. The van der Waals surface area contributed by atoms with Crippen molar-refractivity contribution in [3.63, 3.8) is 0 Å². The van der Waals surface area contributed by atoms with Gasteiger partial charge in [0.15, 0.2) is 0 Å². The molecule has 1 rings (SSSR count). The highest BCUT2D eigenvalue weighted by Gasteiger charge is 2.17. The van der Waals surface area contributed by atoms with Gasteiger partial charge >= 0.3 is 0 Å². The van der Waals surface area contributed by atoms with Crippen LogP contribution in [-0.4, -0.2) is 41.6 Å². The number of halogens is 2. The average Bonchev–Trinajstić information content (AvgIpc) is 2.35. The SMILES string of the molecule is CC(C)(CO)NCC(O)COc1ccc(Cl)cc1Cl. The molecule has 0 aliphatic heterocycles. The summed E-state index contributed by atoms with van der Waals surface area (Å²) in [6, 6.07) is 4.91. The fraction of sp³-hybridized carbons (Fsp3) is 0.538. The number of rotatable bonds is 7. The lowest BCUT2D eigenvalue weighted by atomic mass is 10.1. The molecule has 0 heterocycles. The Bertz CT molecular complexity index is 413. The molecule has 1 aromatic carbocycles. The molecule has 0 radical (unpaired) electrons. The van der Waals surface area contributed by atoms with E-state index in [9.17, 15) is 5.11 Å². The minimum Gasteiger partial charge on any atom is -0.489 e. The highest BCUT2D eigenvalue weighted by atomic mass is 35.5. The second-order valence-electron chi connectivity index (χ2n) is 4.96. The Kier molecular flexibility index (Phi) is 6.36. The van der Waals surface area contributed by atoms with Crippen LogP contribution in [0.15, 0.2) is 18.2 Å². The summed E-state index contributed by atoms with van der Waals surface area (Å²) >= 11 is 11.7. The zero-order valence-corrected chi connectivity index (χ0v) is 12.5. The van der Waals surface area contributed by atoms with Crippen LogP contribution in [0.1, 0.15) is 13.8 Å². The lowest BCUT2D eigenvalue weighted by Crippen LogP contribution is -2.47. The Hall–Kier alpha value is -0.520. The quantitative estimate of drug-likeness (QED) is 0.722. The molecular weight excluding hydrogens is 289 g/mol. The van der Waals surface area contributed by atoms with Crippen LogP contribution in [0.5, 0.6) is 5.75 Å². The molecule has 19 heavy (non-hydrogen) atoms. The van der Waals surface area contributed by atoms with E-state index in [0.717, 1.165) is 0 Å². The zero-order valence-electron chi connectivity index (χ0n) is 11.0. The van der Waals surface area contributed by atoms with Gasteiger partial charge in [0.25, 0.3) is 0 Å². The monoisotopic (exact) mass is 307 g/mol. The van der Waals surface area contributed by atoms with Crippen molar-refractivity contribution in [3.8, 4) is 5.75 Å². The van der Waals surface area contributed by atoms with Gasteiger partial charge < -0.3 is 20.3 Å². The van der Waals surface area contributed by atoms with E-state index in [2.05, 4.69) is 5.32 Å². The Labute approximate surface area is 123 Å². The lowest BCUT2D eigenvalue weighted by Gasteiger charge is -2.25. The fourth-order valence-corrected chi connectivity index (χ4v) is 1.75. The molecular formula is C13H19Cl2NO3. The van der Waals surface area contributed by atoms with Crippen molar-refractivity contribution in [2.75, 3.05) is 19.8 Å². The summed E-state index contributed by atoms with van der Waals surface area (Å²) in [6.45, 7) is 4.10. The molecule has 6 heteroatoms. The van der Waals surface area contributed by atoms with Crippen LogP contribution in [0.3, 0.4) is 0 Å². The molecule has 4 nitrogen and oxygen atoms in total. The first-order valence-electron chi connectivity index (χ1n) is 5.96. The maximum absolute atomic E-state index is 9.78. The first kappa shape index (κ1) is 16.5. The third-order valence-electron chi connectivity index (χ3n) is 2.54. The molecule has 0 fully saturated rings. The van der Waals surface area contributed by atoms with Gasteiger partial charge in [-0.1, -0.05) is 23.2 Å². The van der Waals surface area contributed by atoms with Crippen LogP contribution in [0.25, 0.3) is 0 Å². The number of aliphatic hydroxyl groups excluding tert-OH is 2. The van der Waals surface area contributed by atoms with E-state index in [1.165, 1.54) is 0 Å². The molecule has 1 aromatic rings. The van der Waals surface area contributed by atoms with Crippen molar-refractivity contribution in [1.82, 2.24) is 5.32 Å². The highest BCUT2D eigenvalue weighted by molar-refractivity contribution is 6.35. The van der Waals surface area contributed by atoms with Crippen LogP contribution < -0.4 is 10.1 Å². The number of benzene rings is 1. The van der Waals surface area contributed by atoms with Crippen LogP contribution in [0.2, 0.25) is 10.0 Å². The van der Waals surface area contributed by atoms with Gasteiger partial charge in [-0.15, -0.1) is 0 Å². The molecule has 0 amide bonds. The number of ether oxygens (including phenoxy) is 1. The lowest BCUT2D eigenvalue weighted by molar-refractivity contribution is 0.0907. The van der Waals surface area contributed by atoms with Gasteiger partial charge in [0.05, 0.1) is 11.6 Å². The van der Waals surface area contributed by atoms with Gasteiger partial charge in [-0.2, -0.15) is 0 Å². The molecule has 1 atom stereocenters. The first-order chi connectivity index (χ1) is 8.84. The normalized spacial score (nSPS) is 13.4. The van der Waals surface area contributed by atoms with E-state index in [4.69, 9.17) is 33.0 Å². The Morgan fingerprint density at radius 1 is 1.37 bits per heavy atom. The number of hydrogen-bond acceptors (Lipinski definition) is 4. The summed E-state index contributed by atoms with van der Waals surface area (Å²) in [4.78, 5) is 0. The van der Waals surface area contributed by atoms with E-state index in [1.807, 2.05) is 13.8 Å². The topological polar surface area (TPSA) is 61.7 Å². The average molecular weight is 308 g/mol. The smallest absolute Gasteiger partial charge is 0.138 e. The molecule has 1 unspecified atom stereocenters. The standard InChI is InChI=1S/C13H19Cl2NO3/c1-13(2,8-17)16-6-10(18)7-19-12-4-3-9(14)5-11(12)15/h3-5,10,16-18H,6-8H2,1-2H3. The molecule has 3 N–H and O–H groups in total. The van der Waals surface area contributed by atoms with Crippen molar-refractivity contribution >= 4 is 23.2 Å². The fourth-order valence-electron chi connectivity index (χ4n) is 1.29. The molecule has 0 aromatic heterocycles. The van der Waals surface area contributed by atoms with E-state index in [1.54, 1.807) is 18.2 Å². The summed E-state index contributed by atoms with van der Waals surface area (Å²) < 4.78 is 5.41. The van der Waals surface area contributed by atoms with Crippen LogP contribution in [-0.2, 0) is 0 Å². The molecule has 0 aliphatic carbocycles. The van der Waals surface area contributed by atoms with Crippen molar-refractivity contribution in [3.05, 3.63) is 28.2 Å². The van der Waals surface area contributed by atoms with Crippen LogP contribution >= 0.6 is 23.2 Å². The summed E-state index contributed by atoms with van der Waals surface area (Å²) in [5.74, 6) is 0.478. The number of aliphatic hydroxyl groups is 2. The Balaban J connectivity index is 2.40. The van der Waals surface area contributed by atoms with E-state index >= 15 is 0 Å². The summed E-state index contributed by atoms with van der Waals surface area (Å²) in [5, 5.41) is 22.8. The van der Waals surface area contributed by atoms with Gasteiger partial charge in [-0.3, -0.25) is 0 Å². The van der Waals surface area contributed by atoms with E-state index < -0.39 is 11.6 Å². The zero-order chi connectivity index (χ0) is 14.5. The largest absolute Gasteiger partial charge is 0.489 e. The minimum absolute atomic E-state index is 0.0103. The van der Waals surface area contributed by atoms with Crippen molar-refractivity contribution in [1.29, 1.82) is 0 Å². The molecule has 108 valence electrons. The van der Waals surface area contributed by atoms with Gasteiger partial charge in [0.1, 0.15) is 18.5 Å². The van der Waals surface area contributed by atoms with Gasteiger partial charge in [0, 0.05) is 17.1 Å². The predicted octanol–water partition coefficient (Wildman–Crippen LogP) is 2.09. The van der Waals surface area contributed by atoms with Crippen molar-refractivity contribution in [2.24, 2.45) is 0 Å². The highest BCUT2D eigenvalue weighted by Crippen LogP contribution is 2.27. The van der Waals surface area contributed by atoms with Crippen molar-refractivity contribution in [2.45, 2.75) is 25.5 Å². The molecule has 0 saturated heterocycles. The summed E-state index contributed by atoms with van der Waals surface area (Å²) in [7, 11) is 0. The van der Waals surface area contributed by atoms with Crippen LogP contribution in [0.4, 0.5) is 0 Å². The Morgan fingerprint density at radius 2 is 2.05 bits per heavy atom. The predicted molar refractivity (Wildman–Crippen MR) is 77.1 cm³/mol. The van der Waals surface area contributed by atoms with Gasteiger partial charge in [0.2, 0.25) is 0 Å². The van der Waals surface area contributed by atoms with Crippen LogP contribution in [0, 0.1) is 0 Å². The Morgan fingerprint density at radius 3 is 2.63 bits per heavy atom. The molecule has 0 bridgehead atoms. The summed E-state index contributed by atoms with van der Waals surface area (Å²) in [5.41, 5.74) is -0.432. The molecule has 0 saturated carbocycles. The third-order valence-corrected chi connectivity index (χ3v) is 3.07. The number of nitrogens with one attached hydrogen (secondary N) is 1. The maximum atomic E-state index is 9.78.